The van der Waals surface area contributed by atoms with Gasteiger partial charge in [-0.05, 0) is 12.1 Å². The number of nitrogens with one attached hydrogen (secondary N) is 2. The summed E-state index contributed by atoms with van der Waals surface area (Å²) < 4.78 is 0. The number of thiazole rings is 1. The summed E-state index contributed by atoms with van der Waals surface area (Å²) in [6, 6.07) is 3.88. The molecule has 0 radical (unpaired) electrons. The molecule has 3 heterocycles. The molecule has 3 rings (SSSR count). The van der Waals surface area contributed by atoms with Gasteiger partial charge >= 0.3 is 0 Å². The molecule has 3 aromatic rings. The summed E-state index contributed by atoms with van der Waals surface area (Å²) in [6.07, 6.45) is 1.79. The predicted octanol–water partition coefficient (Wildman–Crippen LogP) is 2.12. The molecule has 5 nitrogen and oxygen atoms in total. The number of fused-ring (bicyclic) bond motifs is 1. The molecule has 16 heavy (non-hydrogen) atoms. The molecule has 0 saturated carbocycles. The first-order chi connectivity index (χ1) is 7.86. The molecule has 0 aliphatic heterocycles. The minimum Gasteiger partial charge on any atom is -0.373 e. The molecule has 80 valence electrons. The van der Waals surface area contributed by atoms with E-state index < -0.39 is 0 Å². The lowest BCUT2D eigenvalue weighted by Gasteiger charge is -1.95. The number of hydrogen-bond acceptors (Lipinski definition) is 5. The van der Waals surface area contributed by atoms with E-state index in [1.54, 1.807) is 23.0 Å². The van der Waals surface area contributed by atoms with Gasteiger partial charge in [0.05, 0.1) is 15.9 Å². The second kappa shape index (κ2) is 3.57. The van der Waals surface area contributed by atoms with Gasteiger partial charge < -0.3 is 10.3 Å². The normalized spacial score (nSPS) is 10.8. The molecular formula is C10H9N5S. The van der Waals surface area contributed by atoms with Crippen molar-refractivity contribution in [1.29, 1.82) is 0 Å². The molecule has 0 aliphatic rings. The zero-order valence-electron chi connectivity index (χ0n) is 8.56. The molecule has 3 aromatic heterocycles. The fourth-order valence-corrected chi connectivity index (χ4v) is 2.05. The Morgan fingerprint density at radius 1 is 1.31 bits per heavy atom. The lowest BCUT2D eigenvalue weighted by atomic mass is 10.4. The molecule has 0 atom stereocenters. The Bertz CT molecular complexity index is 613. The van der Waals surface area contributed by atoms with E-state index in [0.29, 0.717) is 0 Å². The van der Waals surface area contributed by atoms with Gasteiger partial charge in [0.15, 0.2) is 11.5 Å². The Morgan fingerprint density at radius 3 is 3.00 bits per heavy atom. The zero-order valence-corrected chi connectivity index (χ0v) is 9.38. The van der Waals surface area contributed by atoms with Crippen molar-refractivity contribution in [2.75, 3.05) is 12.4 Å². The smallest absolute Gasteiger partial charge is 0.180 e. The second-order valence-corrected chi connectivity index (χ2v) is 4.16. The first-order valence-electron chi connectivity index (χ1n) is 4.80. The summed E-state index contributed by atoms with van der Waals surface area (Å²) in [7, 11) is 1.84. The molecule has 0 aliphatic carbocycles. The van der Waals surface area contributed by atoms with Crippen molar-refractivity contribution in [2.45, 2.75) is 0 Å². The van der Waals surface area contributed by atoms with E-state index in [4.69, 9.17) is 0 Å². The topological polar surface area (TPSA) is 66.5 Å². The summed E-state index contributed by atoms with van der Waals surface area (Å²) in [5.74, 6) is 1.63. The van der Waals surface area contributed by atoms with Crippen LogP contribution in [0.2, 0.25) is 0 Å². The van der Waals surface area contributed by atoms with E-state index in [0.717, 1.165) is 27.7 Å². The van der Waals surface area contributed by atoms with Gasteiger partial charge in [-0.25, -0.2) is 9.97 Å². The molecule has 6 heteroatoms. The summed E-state index contributed by atoms with van der Waals surface area (Å²) in [4.78, 5) is 17.0. The van der Waals surface area contributed by atoms with Crippen LogP contribution in [0.4, 0.5) is 5.82 Å². The van der Waals surface area contributed by atoms with Gasteiger partial charge in [0.1, 0.15) is 5.82 Å². The van der Waals surface area contributed by atoms with Crippen LogP contribution < -0.4 is 5.32 Å². The van der Waals surface area contributed by atoms with Gasteiger partial charge in [0.25, 0.3) is 0 Å². The highest BCUT2D eigenvalue weighted by atomic mass is 32.1. The molecule has 0 aromatic carbocycles. The number of pyridine rings is 1. The van der Waals surface area contributed by atoms with Crippen LogP contribution in [0.3, 0.4) is 0 Å². The van der Waals surface area contributed by atoms with Crippen LogP contribution in [-0.4, -0.2) is 27.0 Å². The Balaban J connectivity index is 2.16. The molecule has 0 amide bonds. The maximum Gasteiger partial charge on any atom is 0.180 e. The van der Waals surface area contributed by atoms with Crippen LogP contribution in [0.1, 0.15) is 0 Å². The second-order valence-electron chi connectivity index (χ2n) is 3.27. The molecule has 0 spiro atoms. The Kier molecular flexibility index (Phi) is 2.07. The van der Waals surface area contributed by atoms with Gasteiger partial charge in [-0.2, -0.15) is 0 Å². The van der Waals surface area contributed by atoms with Crippen LogP contribution >= 0.6 is 11.3 Å². The number of aromatic nitrogens is 4. The predicted molar refractivity (Wildman–Crippen MR) is 64.5 cm³/mol. The van der Waals surface area contributed by atoms with E-state index in [1.807, 2.05) is 19.2 Å². The van der Waals surface area contributed by atoms with Crippen molar-refractivity contribution in [3.05, 3.63) is 23.8 Å². The summed E-state index contributed by atoms with van der Waals surface area (Å²) >= 11 is 1.55. The number of H-pyrrole nitrogens is 1. The van der Waals surface area contributed by atoms with Crippen molar-refractivity contribution in [3.8, 4) is 10.7 Å². The van der Waals surface area contributed by atoms with Crippen molar-refractivity contribution in [2.24, 2.45) is 0 Å². The number of rotatable bonds is 2. The maximum absolute atomic E-state index is 4.43. The van der Waals surface area contributed by atoms with Gasteiger partial charge in [-0.15, -0.1) is 11.3 Å². The third-order valence-electron chi connectivity index (χ3n) is 2.27. The zero-order chi connectivity index (χ0) is 11.0. The number of imidazole rings is 1. The van der Waals surface area contributed by atoms with Crippen molar-refractivity contribution >= 4 is 28.3 Å². The summed E-state index contributed by atoms with van der Waals surface area (Å²) in [5.41, 5.74) is 3.44. The van der Waals surface area contributed by atoms with Gasteiger partial charge in [-0.1, -0.05) is 0 Å². The number of nitrogens with zero attached hydrogens (tertiary/aromatic N) is 3. The molecule has 2 N–H and O–H groups in total. The molecule has 0 unspecified atom stereocenters. The Hall–Kier alpha value is -1.95. The third kappa shape index (κ3) is 1.43. The molecule has 0 bridgehead atoms. The van der Waals surface area contributed by atoms with Crippen molar-refractivity contribution in [3.63, 3.8) is 0 Å². The first kappa shape index (κ1) is 9.29. The number of hydrogen-bond donors (Lipinski definition) is 2. The Morgan fingerprint density at radius 2 is 2.25 bits per heavy atom. The Labute approximate surface area is 95.6 Å². The average Bonchev–Trinajstić information content (AvgIpc) is 2.96. The highest BCUT2D eigenvalue weighted by Gasteiger charge is 2.07. The minimum absolute atomic E-state index is 0.718. The van der Waals surface area contributed by atoms with Gasteiger partial charge in [-0.3, -0.25) is 4.98 Å². The monoisotopic (exact) mass is 231 g/mol. The molecule has 0 fully saturated rings. The minimum atomic E-state index is 0.718. The third-order valence-corrected chi connectivity index (χ3v) is 3.05. The first-order valence-corrected chi connectivity index (χ1v) is 5.68. The van der Waals surface area contributed by atoms with Gasteiger partial charge in [0, 0.05) is 13.2 Å². The van der Waals surface area contributed by atoms with Crippen LogP contribution in [-0.2, 0) is 0 Å². The standard InChI is InChI=1S/C10H9N5S/c1-11-8-3-2-6-9(14-8)15-10(13-6)7-4-12-5-16-7/h2-5H,1H3,(H2,11,13,14,15). The van der Waals surface area contributed by atoms with E-state index in [9.17, 15) is 0 Å². The number of anilines is 1. The lowest BCUT2D eigenvalue weighted by molar-refractivity contribution is 1.29. The van der Waals surface area contributed by atoms with Crippen molar-refractivity contribution in [1.82, 2.24) is 19.9 Å². The highest BCUT2D eigenvalue weighted by molar-refractivity contribution is 7.13. The van der Waals surface area contributed by atoms with Crippen LogP contribution in [0.25, 0.3) is 21.9 Å². The van der Waals surface area contributed by atoms with E-state index in [2.05, 4.69) is 25.3 Å². The molecule has 0 saturated heterocycles. The maximum atomic E-state index is 4.43. The van der Waals surface area contributed by atoms with E-state index in [1.165, 1.54) is 0 Å². The fourth-order valence-electron chi connectivity index (χ4n) is 1.48. The quantitative estimate of drug-likeness (QED) is 0.709. The average molecular weight is 231 g/mol. The summed E-state index contributed by atoms with van der Waals surface area (Å²) in [6.45, 7) is 0. The lowest BCUT2D eigenvalue weighted by Crippen LogP contribution is -1.91. The molecular weight excluding hydrogens is 222 g/mol. The van der Waals surface area contributed by atoms with Crippen LogP contribution in [0, 0.1) is 0 Å². The van der Waals surface area contributed by atoms with E-state index >= 15 is 0 Å². The fraction of sp³-hybridized carbons (Fsp3) is 0.100. The van der Waals surface area contributed by atoms with Gasteiger partial charge in [0.2, 0.25) is 0 Å². The largest absolute Gasteiger partial charge is 0.373 e. The highest BCUT2D eigenvalue weighted by Crippen LogP contribution is 2.23. The SMILES string of the molecule is CNc1ccc2[nH]c(-c3cncs3)nc2n1. The number of aromatic amines is 1. The van der Waals surface area contributed by atoms with Crippen LogP contribution in [0.5, 0.6) is 0 Å². The van der Waals surface area contributed by atoms with E-state index in [-0.39, 0.29) is 0 Å². The van der Waals surface area contributed by atoms with Crippen LogP contribution in [0.15, 0.2) is 23.8 Å². The van der Waals surface area contributed by atoms with Crippen molar-refractivity contribution < 1.29 is 0 Å². The summed E-state index contributed by atoms with van der Waals surface area (Å²) in [5, 5.41) is 2.99.